The lowest BCUT2D eigenvalue weighted by molar-refractivity contribution is -0.674. The molecule has 5 N–H and O–H groups in total. The van der Waals surface area contributed by atoms with Gasteiger partial charge in [0.25, 0.3) is 0 Å². The molecule has 8 nitrogen and oxygen atoms in total. The van der Waals surface area contributed by atoms with E-state index in [0.29, 0.717) is 0 Å². The van der Waals surface area contributed by atoms with Crippen molar-refractivity contribution in [2.24, 2.45) is 0 Å². The second-order valence-corrected chi connectivity index (χ2v) is 2.77. The van der Waals surface area contributed by atoms with Crippen molar-refractivity contribution >= 4 is 5.82 Å². The maximum atomic E-state index is 10.7. The minimum Gasteiger partial charge on any atom is -0.591 e. The Morgan fingerprint density at radius 3 is 2.93 bits per heavy atom. The van der Waals surface area contributed by atoms with Crippen LogP contribution in [-0.2, 0) is 0 Å². The third kappa shape index (κ3) is 2.82. The van der Waals surface area contributed by atoms with E-state index >= 15 is 0 Å². The van der Waals surface area contributed by atoms with E-state index in [4.69, 9.17) is 25.8 Å². The molecule has 0 saturated carbocycles. The van der Waals surface area contributed by atoms with Gasteiger partial charge in [0, 0.05) is 5.10 Å². The minimum absolute atomic E-state index is 0.0351. The third-order valence-electron chi connectivity index (χ3n) is 1.55. The number of nitrogen functional groups attached to an aromatic ring is 1. The van der Waals surface area contributed by atoms with Gasteiger partial charge in [-0.2, -0.15) is 0 Å². The largest absolute Gasteiger partial charge is 0.591 e. The average molecular weight is 217 g/mol. The van der Waals surface area contributed by atoms with Crippen LogP contribution >= 0.6 is 0 Å². The number of rotatable bonds is 4. The first-order valence-corrected chi connectivity index (χ1v) is 4.05. The zero-order valence-corrected chi connectivity index (χ0v) is 7.70. The van der Waals surface area contributed by atoms with Gasteiger partial charge in [-0.25, -0.2) is 0 Å². The zero-order valence-electron chi connectivity index (χ0n) is 7.70. The Bertz CT molecular complexity index is 346. The van der Waals surface area contributed by atoms with Crippen LogP contribution in [0.4, 0.5) is 5.82 Å². The normalized spacial score (nSPS) is 12.4. The molecule has 0 aliphatic heterocycles. The number of aliphatic hydroxyl groups is 2. The van der Waals surface area contributed by atoms with E-state index in [1.807, 2.05) is 0 Å². The monoisotopic (exact) mass is 217 g/mol. The van der Waals surface area contributed by atoms with Gasteiger partial charge in [-0.05, 0) is 4.85 Å². The van der Waals surface area contributed by atoms with Crippen LogP contribution in [-0.4, -0.2) is 39.7 Å². The Morgan fingerprint density at radius 2 is 2.33 bits per heavy atom. The van der Waals surface area contributed by atoms with Crippen LogP contribution in [0, 0.1) is 5.21 Å². The van der Waals surface area contributed by atoms with Crippen LogP contribution in [0.3, 0.4) is 0 Å². The van der Waals surface area contributed by atoms with Crippen LogP contribution in [0.2, 0.25) is 0 Å². The Morgan fingerprint density at radius 1 is 1.67 bits per heavy atom. The average Bonchev–Trinajstić information content (AvgIpc) is 2.21. The lowest BCUT2D eigenvalue weighted by atomic mass is 10.4. The number of aromatic nitrogens is 2. The number of nitrogens with zero attached hydrogens (tertiary/aromatic N) is 2. The number of aliphatic hydroxyl groups excluding tert-OH is 2. The fourth-order valence-corrected chi connectivity index (χ4v) is 0.799. The summed E-state index contributed by atoms with van der Waals surface area (Å²) >= 11 is 0. The van der Waals surface area contributed by atoms with E-state index in [1.54, 1.807) is 0 Å². The molecule has 84 valence electrons. The maximum absolute atomic E-state index is 10.7. The molecule has 1 atom stereocenters. The number of nitrogens with two attached hydrogens (primary N) is 1. The van der Waals surface area contributed by atoms with E-state index in [0.717, 1.165) is 6.07 Å². The van der Waals surface area contributed by atoms with E-state index in [9.17, 15) is 5.21 Å². The highest BCUT2D eigenvalue weighted by Crippen LogP contribution is 2.20. The summed E-state index contributed by atoms with van der Waals surface area (Å²) in [6.45, 7) is -0.682. The van der Waals surface area contributed by atoms with Crippen LogP contribution < -0.4 is 15.3 Å². The van der Waals surface area contributed by atoms with E-state index in [2.05, 4.69) is 5.10 Å². The molecule has 1 aromatic rings. The first kappa shape index (κ1) is 11.3. The highest BCUT2D eigenvalue weighted by Gasteiger charge is 2.14. The summed E-state index contributed by atoms with van der Waals surface area (Å²) in [4.78, 5) is -0.0648. The number of hydrogen-bond donors (Lipinski definition) is 4. The molecule has 1 rings (SSSR count). The molecule has 0 spiro atoms. The molecule has 1 unspecified atom stereocenters. The van der Waals surface area contributed by atoms with Crippen LogP contribution in [0.25, 0.3) is 0 Å². The highest BCUT2D eigenvalue weighted by atomic mass is 16.5. The summed E-state index contributed by atoms with van der Waals surface area (Å²) in [5.41, 5.74) is 5.31. The van der Waals surface area contributed by atoms with Crippen LogP contribution in [0.5, 0.6) is 11.6 Å². The molecular weight excluding hydrogens is 206 g/mol. The molecule has 0 amide bonds. The van der Waals surface area contributed by atoms with Gasteiger partial charge in [0.05, 0.1) is 6.61 Å². The second kappa shape index (κ2) is 4.62. The van der Waals surface area contributed by atoms with Gasteiger partial charge in [0.15, 0.2) is 5.75 Å². The van der Waals surface area contributed by atoms with Crippen molar-refractivity contribution in [3.05, 3.63) is 11.3 Å². The molecule has 0 saturated heterocycles. The SMILES string of the molecule is Nc1n[n+]([O-])c(O)cc1OCC(O)CO. The fourth-order valence-electron chi connectivity index (χ4n) is 0.799. The van der Waals surface area contributed by atoms with Gasteiger partial charge in [0.1, 0.15) is 18.8 Å². The van der Waals surface area contributed by atoms with Gasteiger partial charge in [0.2, 0.25) is 5.82 Å². The molecule has 8 heteroatoms. The minimum atomic E-state index is -1.06. The van der Waals surface area contributed by atoms with E-state index in [1.165, 1.54) is 0 Å². The molecule has 15 heavy (non-hydrogen) atoms. The first-order valence-electron chi connectivity index (χ1n) is 4.05. The number of ether oxygens (including phenoxy) is 1. The van der Waals surface area contributed by atoms with Gasteiger partial charge in [-0.15, -0.1) is 0 Å². The number of aromatic hydroxyl groups is 1. The first-order chi connectivity index (χ1) is 7.04. The molecule has 1 heterocycles. The van der Waals surface area contributed by atoms with Crippen molar-refractivity contribution in [1.82, 2.24) is 5.10 Å². The van der Waals surface area contributed by atoms with Crippen LogP contribution in [0.15, 0.2) is 6.07 Å². The summed E-state index contributed by atoms with van der Waals surface area (Å²) in [7, 11) is 0. The van der Waals surface area contributed by atoms with Gasteiger partial charge in [-0.3, -0.25) is 0 Å². The standard InChI is InChI=1S/C7H11N3O5/c8-7-5(15-3-4(12)2-11)1-6(13)10(14)9-7/h1,4,11-13H,2-3H2,(H2,8,9). The summed E-state index contributed by atoms with van der Waals surface area (Å²) in [6.07, 6.45) is -1.06. The number of anilines is 1. The molecule has 0 aromatic carbocycles. The highest BCUT2D eigenvalue weighted by molar-refractivity contribution is 5.44. The Balaban J connectivity index is 2.73. The molecule has 0 fully saturated rings. The molecule has 0 aliphatic carbocycles. The molecule has 0 radical (unpaired) electrons. The quantitative estimate of drug-likeness (QED) is 0.330. The third-order valence-corrected chi connectivity index (χ3v) is 1.55. The van der Waals surface area contributed by atoms with Gasteiger partial charge >= 0.3 is 5.88 Å². The molecule has 0 aliphatic rings. The fraction of sp³-hybridized carbons (Fsp3) is 0.429. The molecule has 0 bridgehead atoms. The van der Waals surface area contributed by atoms with Crippen molar-refractivity contribution in [3.8, 4) is 11.6 Å². The van der Waals surface area contributed by atoms with E-state index < -0.39 is 18.6 Å². The smallest absolute Gasteiger partial charge is 0.407 e. The summed E-state index contributed by atoms with van der Waals surface area (Å²) in [6, 6.07) is 0.972. The summed E-state index contributed by atoms with van der Waals surface area (Å²) in [5.74, 6) is -0.919. The van der Waals surface area contributed by atoms with Crippen molar-refractivity contribution in [3.63, 3.8) is 0 Å². The number of hydrogen-bond acceptors (Lipinski definition) is 7. The Labute approximate surface area is 84.7 Å². The molecular formula is C7H11N3O5. The summed E-state index contributed by atoms with van der Waals surface area (Å²) in [5, 5.41) is 40.4. The van der Waals surface area contributed by atoms with Gasteiger partial charge < -0.3 is 31.0 Å². The topological polar surface area (TPSA) is 136 Å². The van der Waals surface area contributed by atoms with Crippen LogP contribution in [0.1, 0.15) is 0 Å². The summed E-state index contributed by atoms with van der Waals surface area (Å²) < 4.78 is 4.92. The lowest BCUT2D eigenvalue weighted by Crippen LogP contribution is -2.32. The molecule has 1 aromatic heterocycles. The van der Waals surface area contributed by atoms with Crippen molar-refractivity contribution in [2.45, 2.75) is 6.10 Å². The Kier molecular flexibility index (Phi) is 3.47. The maximum Gasteiger partial charge on any atom is 0.407 e. The van der Waals surface area contributed by atoms with E-state index in [-0.39, 0.29) is 23.0 Å². The predicted octanol–water partition coefficient (Wildman–Crippen LogP) is -2.27. The Hall–Kier alpha value is -1.80. The van der Waals surface area contributed by atoms with Crippen molar-refractivity contribution in [1.29, 1.82) is 0 Å². The van der Waals surface area contributed by atoms with Crippen molar-refractivity contribution in [2.75, 3.05) is 18.9 Å². The zero-order chi connectivity index (χ0) is 11.4. The lowest BCUT2D eigenvalue weighted by Gasteiger charge is -2.10. The van der Waals surface area contributed by atoms with Gasteiger partial charge in [-0.1, -0.05) is 0 Å². The second-order valence-electron chi connectivity index (χ2n) is 2.77. The predicted molar refractivity (Wildman–Crippen MR) is 47.9 cm³/mol. The van der Waals surface area contributed by atoms with Crippen molar-refractivity contribution < 1.29 is 24.9 Å².